The molecule has 6 aliphatic rings. The lowest BCUT2D eigenvalue weighted by Crippen LogP contribution is -2.66. The lowest BCUT2D eigenvalue weighted by molar-refractivity contribution is -0.146. The average Bonchev–Trinajstić information content (AvgIpc) is 4.07. The van der Waals surface area contributed by atoms with Crippen molar-refractivity contribution in [3.8, 4) is 0 Å². The normalized spacial score (nSPS) is 32.0. The molecule has 7 unspecified atom stereocenters. The third-order valence-electron chi connectivity index (χ3n) is 15.0. The highest BCUT2D eigenvalue weighted by molar-refractivity contribution is 7.93. The SMILES string of the molecule is CCC1CC1(NC(=O)C1C2C(CN1C(=O)C(NC(=O)NC1(C(C)S(=O)(=O)C(C)(C)C)CCCCC1)C1(C)CCCCC1)C2(C)C)C(=O)C(=O)NCC1CC1. The molecule has 13 heteroatoms. The molecule has 0 spiro atoms. The molecule has 0 aromatic heterocycles. The fourth-order valence-corrected chi connectivity index (χ4v) is 12.6. The first-order valence-corrected chi connectivity index (χ1v) is 22.5. The molecule has 0 aromatic rings. The van der Waals surface area contributed by atoms with Crippen LogP contribution in [0.2, 0.25) is 0 Å². The number of sulfone groups is 1. The number of likely N-dealkylation sites (tertiary alicyclic amines) is 1. The first kappa shape index (κ1) is 40.9. The minimum absolute atomic E-state index is 0.0782. The van der Waals surface area contributed by atoms with Gasteiger partial charge in [0.1, 0.15) is 17.6 Å². The largest absolute Gasteiger partial charge is 0.349 e. The van der Waals surface area contributed by atoms with E-state index in [9.17, 15) is 27.6 Å². The lowest BCUT2D eigenvalue weighted by Gasteiger charge is -2.46. The average molecular weight is 774 g/mol. The van der Waals surface area contributed by atoms with Gasteiger partial charge in [0.05, 0.1) is 15.5 Å². The van der Waals surface area contributed by atoms with Gasteiger partial charge in [-0.1, -0.05) is 72.6 Å². The van der Waals surface area contributed by atoms with Crippen molar-refractivity contribution in [2.75, 3.05) is 13.1 Å². The highest BCUT2D eigenvalue weighted by Gasteiger charge is 2.71. The molecule has 5 amide bonds. The number of piperidine rings is 1. The number of amides is 5. The van der Waals surface area contributed by atoms with Gasteiger partial charge in [0.25, 0.3) is 5.91 Å². The van der Waals surface area contributed by atoms with Gasteiger partial charge in [0, 0.05) is 13.1 Å². The Morgan fingerprint density at radius 3 is 2.00 bits per heavy atom. The van der Waals surface area contributed by atoms with Crippen LogP contribution in [0.4, 0.5) is 4.79 Å². The van der Waals surface area contributed by atoms with E-state index in [1.807, 2.05) is 13.8 Å². The van der Waals surface area contributed by atoms with Crippen LogP contribution in [0.15, 0.2) is 0 Å². The molecule has 304 valence electrons. The number of ketones is 1. The monoisotopic (exact) mass is 773 g/mol. The summed E-state index contributed by atoms with van der Waals surface area (Å²) in [6.07, 6.45) is 11.0. The van der Waals surface area contributed by atoms with Crippen LogP contribution < -0.4 is 21.3 Å². The van der Waals surface area contributed by atoms with E-state index in [1.165, 1.54) is 0 Å². The van der Waals surface area contributed by atoms with Crippen molar-refractivity contribution in [3.63, 3.8) is 0 Å². The molecule has 5 aliphatic carbocycles. The van der Waals surface area contributed by atoms with Crippen molar-refractivity contribution in [3.05, 3.63) is 0 Å². The molecular weight excluding hydrogens is 707 g/mol. The van der Waals surface area contributed by atoms with E-state index < -0.39 is 72.0 Å². The van der Waals surface area contributed by atoms with E-state index in [-0.39, 0.29) is 29.1 Å². The molecule has 1 heterocycles. The summed E-state index contributed by atoms with van der Waals surface area (Å²) < 4.78 is 26.6. The van der Waals surface area contributed by atoms with E-state index in [0.717, 1.165) is 64.2 Å². The van der Waals surface area contributed by atoms with Gasteiger partial charge >= 0.3 is 6.03 Å². The zero-order valence-corrected chi connectivity index (χ0v) is 34.9. The summed E-state index contributed by atoms with van der Waals surface area (Å²) in [5.41, 5.74) is -3.04. The van der Waals surface area contributed by atoms with E-state index in [2.05, 4.69) is 35.1 Å². The molecule has 4 N–H and O–H groups in total. The Hall–Kier alpha value is -2.70. The zero-order chi connectivity index (χ0) is 39.6. The van der Waals surface area contributed by atoms with E-state index in [0.29, 0.717) is 44.7 Å². The van der Waals surface area contributed by atoms with E-state index >= 15 is 4.79 Å². The van der Waals surface area contributed by atoms with Gasteiger partial charge < -0.3 is 26.2 Å². The minimum Gasteiger partial charge on any atom is -0.349 e. The van der Waals surface area contributed by atoms with Crippen molar-refractivity contribution in [1.29, 1.82) is 0 Å². The molecule has 5 saturated carbocycles. The Bertz CT molecular complexity index is 1620. The smallest absolute Gasteiger partial charge is 0.315 e. The number of urea groups is 1. The van der Waals surface area contributed by atoms with Crippen molar-refractivity contribution in [2.24, 2.45) is 34.5 Å². The van der Waals surface area contributed by atoms with Crippen molar-refractivity contribution in [1.82, 2.24) is 26.2 Å². The Kier molecular flexibility index (Phi) is 10.9. The number of Topliss-reactive ketones (excluding diaryl/α,β-unsaturated/α-hetero) is 1. The number of carbonyl (C=O) groups is 5. The Morgan fingerprint density at radius 2 is 1.46 bits per heavy atom. The van der Waals surface area contributed by atoms with Crippen LogP contribution in [0.25, 0.3) is 0 Å². The predicted octanol–water partition coefficient (Wildman–Crippen LogP) is 4.79. The molecule has 54 heavy (non-hydrogen) atoms. The zero-order valence-electron chi connectivity index (χ0n) is 34.1. The van der Waals surface area contributed by atoms with E-state index in [1.54, 1.807) is 32.6 Å². The summed E-state index contributed by atoms with van der Waals surface area (Å²) in [5, 5.41) is 11.2. The molecule has 0 bridgehead atoms. The number of hydrogen-bond donors (Lipinski definition) is 4. The maximum absolute atomic E-state index is 15.0. The van der Waals surface area contributed by atoms with Gasteiger partial charge in [-0.3, -0.25) is 19.2 Å². The number of nitrogens with one attached hydrogen (secondary N) is 4. The van der Waals surface area contributed by atoms with Gasteiger partial charge in [-0.05, 0) is 107 Å². The van der Waals surface area contributed by atoms with Crippen LogP contribution in [0, 0.1) is 34.5 Å². The third kappa shape index (κ3) is 7.33. The minimum atomic E-state index is -3.64. The summed E-state index contributed by atoms with van der Waals surface area (Å²) in [4.78, 5) is 72.1. The number of carbonyl (C=O) groups excluding carboxylic acids is 5. The van der Waals surface area contributed by atoms with Gasteiger partial charge in [-0.2, -0.15) is 0 Å². The highest BCUT2D eigenvalue weighted by atomic mass is 32.2. The van der Waals surface area contributed by atoms with Gasteiger partial charge in [-0.15, -0.1) is 0 Å². The first-order valence-electron chi connectivity index (χ1n) is 20.9. The second kappa shape index (κ2) is 14.4. The Morgan fingerprint density at radius 1 is 0.870 bits per heavy atom. The van der Waals surface area contributed by atoms with Crippen molar-refractivity contribution < 1.29 is 32.4 Å². The van der Waals surface area contributed by atoms with Crippen LogP contribution in [0.3, 0.4) is 0 Å². The fraction of sp³-hybridized carbons (Fsp3) is 0.878. The second-order valence-electron chi connectivity index (χ2n) is 19.9. The van der Waals surface area contributed by atoms with E-state index in [4.69, 9.17) is 0 Å². The summed E-state index contributed by atoms with van der Waals surface area (Å²) in [6, 6.07) is -2.36. The summed E-state index contributed by atoms with van der Waals surface area (Å²) in [7, 11) is -3.64. The number of fused-ring (bicyclic) bond motifs is 1. The fourth-order valence-electron chi connectivity index (χ4n) is 10.6. The molecule has 1 aliphatic heterocycles. The van der Waals surface area contributed by atoms with Crippen molar-refractivity contribution >= 4 is 39.4 Å². The standard InChI is InChI=1S/C41H67N5O7S/c1-9-27-22-41(27,32(47)34(49)42-23-26-16-17-26)44-33(48)30-29-28(38(29,6)7)24-46(30)35(50)31(39(8)18-12-10-13-19-39)43-36(51)45-40(20-14-11-15-21-40)25(2)54(52,53)37(3,4)5/h25-31H,9-24H2,1-8H3,(H,42,49)(H,44,48)(H2,43,45,51). The quantitative estimate of drug-likeness (QED) is 0.195. The number of rotatable bonds is 13. The van der Waals surface area contributed by atoms with Crippen LogP contribution in [-0.4, -0.2) is 89.1 Å². The van der Waals surface area contributed by atoms with Crippen LogP contribution in [0.1, 0.15) is 145 Å². The summed E-state index contributed by atoms with van der Waals surface area (Å²) in [6.45, 7) is 15.8. The van der Waals surface area contributed by atoms with Gasteiger partial charge in [-0.25, -0.2) is 13.2 Å². The maximum Gasteiger partial charge on any atom is 0.315 e. The van der Waals surface area contributed by atoms with Crippen LogP contribution >= 0.6 is 0 Å². The predicted molar refractivity (Wildman–Crippen MR) is 207 cm³/mol. The second-order valence-corrected chi connectivity index (χ2v) is 22.9. The topological polar surface area (TPSA) is 171 Å². The van der Waals surface area contributed by atoms with Crippen LogP contribution in [-0.2, 0) is 29.0 Å². The van der Waals surface area contributed by atoms with Crippen LogP contribution in [0.5, 0.6) is 0 Å². The van der Waals surface area contributed by atoms with Crippen molar-refractivity contribution in [2.45, 2.75) is 178 Å². The molecule has 6 fully saturated rings. The molecule has 12 nitrogen and oxygen atoms in total. The maximum atomic E-state index is 15.0. The molecule has 1 saturated heterocycles. The molecular formula is C41H67N5O7S. The third-order valence-corrected chi connectivity index (χ3v) is 18.1. The Labute approximate surface area is 323 Å². The highest BCUT2D eigenvalue weighted by Crippen LogP contribution is 2.65. The van der Waals surface area contributed by atoms with Gasteiger partial charge in [0.2, 0.25) is 17.6 Å². The molecule has 7 atom stereocenters. The molecule has 6 rings (SSSR count). The Balaban J connectivity index is 1.25. The summed E-state index contributed by atoms with van der Waals surface area (Å²) in [5.74, 6) is -1.82. The lowest BCUT2D eigenvalue weighted by atomic mass is 9.70. The first-order chi connectivity index (χ1) is 25.1. The summed E-state index contributed by atoms with van der Waals surface area (Å²) >= 11 is 0. The number of hydrogen-bond acceptors (Lipinski definition) is 7. The van der Waals surface area contributed by atoms with Gasteiger partial charge in [0.15, 0.2) is 9.84 Å². The number of nitrogens with zero attached hydrogens (tertiary/aromatic N) is 1. The molecule has 0 radical (unpaired) electrons. The molecule has 0 aromatic carbocycles.